The number of halogens is 1. The van der Waals surface area contributed by atoms with Crippen molar-refractivity contribution in [2.24, 2.45) is 0 Å². The van der Waals surface area contributed by atoms with Gasteiger partial charge in [0.2, 0.25) is 0 Å². The highest BCUT2D eigenvalue weighted by Gasteiger charge is 2.18. The summed E-state index contributed by atoms with van der Waals surface area (Å²) in [5.74, 6) is 0.785. The normalized spacial score (nSPS) is 15.7. The number of quaternary nitrogens is 1. The van der Waals surface area contributed by atoms with Gasteiger partial charge in [-0.05, 0) is 43.4 Å². The number of nitrogens with two attached hydrogens (primary N) is 1. The molecular weight excluding hydrogens is 398 g/mol. The van der Waals surface area contributed by atoms with E-state index in [1.54, 1.807) is 11.3 Å². The Morgan fingerprint density at radius 2 is 1.96 bits per heavy atom. The first-order valence-electron chi connectivity index (χ1n) is 8.80. The van der Waals surface area contributed by atoms with Gasteiger partial charge in [0.25, 0.3) is 5.56 Å². The number of H-pyrrole nitrogens is 1. The van der Waals surface area contributed by atoms with Crippen molar-refractivity contribution in [2.45, 2.75) is 44.7 Å². The molecule has 1 saturated carbocycles. The monoisotopic (exact) mass is 418 g/mol. The van der Waals surface area contributed by atoms with Crippen LogP contribution in [0.2, 0.25) is 0 Å². The lowest BCUT2D eigenvalue weighted by Crippen LogP contribution is -2.88. The first kappa shape index (κ1) is 16.9. The van der Waals surface area contributed by atoms with Crippen LogP contribution in [0.3, 0.4) is 0 Å². The molecule has 0 bridgehead atoms. The van der Waals surface area contributed by atoms with Gasteiger partial charge in [0.1, 0.15) is 11.4 Å². The maximum absolute atomic E-state index is 12.7. The Morgan fingerprint density at radius 3 is 2.72 bits per heavy atom. The summed E-state index contributed by atoms with van der Waals surface area (Å²) in [6.45, 7) is 0.751. The largest absolute Gasteiger partial charge is 0.338 e. The van der Waals surface area contributed by atoms with Crippen LogP contribution in [0.25, 0.3) is 21.3 Å². The van der Waals surface area contributed by atoms with Crippen molar-refractivity contribution in [3.63, 3.8) is 0 Å². The van der Waals surface area contributed by atoms with Crippen molar-refractivity contribution >= 4 is 37.5 Å². The van der Waals surface area contributed by atoms with Gasteiger partial charge in [-0.25, -0.2) is 4.98 Å². The number of hydrogen-bond acceptors (Lipinski definition) is 3. The van der Waals surface area contributed by atoms with Crippen LogP contribution in [0.15, 0.2) is 38.9 Å². The zero-order valence-corrected chi connectivity index (χ0v) is 16.3. The van der Waals surface area contributed by atoms with Crippen LogP contribution in [0.5, 0.6) is 0 Å². The second-order valence-corrected chi connectivity index (χ2v) is 8.46. The number of hydrogen-bond donors (Lipinski definition) is 2. The van der Waals surface area contributed by atoms with Gasteiger partial charge in [0.15, 0.2) is 5.82 Å². The topological polar surface area (TPSA) is 62.4 Å². The van der Waals surface area contributed by atoms with Crippen molar-refractivity contribution < 1.29 is 5.32 Å². The summed E-state index contributed by atoms with van der Waals surface area (Å²) in [5, 5.41) is 5.07. The molecule has 1 aliphatic carbocycles. The Labute approximate surface area is 158 Å². The zero-order chi connectivity index (χ0) is 17.2. The number of aromatic nitrogens is 2. The van der Waals surface area contributed by atoms with Crippen LogP contribution in [-0.2, 0) is 6.54 Å². The molecule has 0 saturated heterocycles. The number of benzene rings is 1. The molecule has 25 heavy (non-hydrogen) atoms. The zero-order valence-electron chi connectivity index (χ0n) is 13.9. The van der Waals surface area contributed by atoms with Crippen molar-refractivity contribution in [2.75, 3.05) is 0 Å². The second-order valence-electron chi connectivity index (χ2n) is 6.69. The highest BCUT2D eigenvalue weighted by atomic mass is 79.9. The molecule has 4 rings (SSSR count). The third kappa shape index (κ3) is 3.71. The fourth-order valence-corrected chi connectivity index (χ4v) is 4.81. The molecule has 0 spiro atoms. The lowest BCUT2D eigenvalue weighted by atomic mass is 9.95. The summed E-state index contributed by atoms with van der Waals surface area (Å²) >= 11 is 5.00. The SMILES string of the molecule is O=c1[nH]c(C[NH2+]C2CCCCC2)nc2scc(-c3ccc(Br)cc3)c12. The van der Waals surface area contributed by atoms with E-state index >= 15 is 0 Å². The van der Waals surface area contributed by atoms with Gasteiger partial charge in [-0.3, -0.25) is 4.79 Å². The molecule has 3 aromatic rings. The molecule has 0 atom stereocenters. The van der Waals surface area contributed by atoms with E-state index in [2.05, 4.69) is 26.2 Å². The highest BCUT2D eigenvalue weighted by Crippen LogP contribution is 2.31. The molecule has 2 aromatic heterocycles. The number of nitrogens with zero attached hydrogens (tertiary/aromatic N) is 1. The third-order valence-corrected chi connectivity index (χ3v) is 6.34. The van der Waals surface area contributed by atoms with E-state index in [0.29, 0.717) is 11.4 Å². The van der Waals surface area contributed by atoms with Crippen LogP contribution in [-0.4, -0.2) is 16.0 Å². The van der Waals surface area contributed by atoms with E-state index in [4.69, 9.17) is 4.98 Å². The van der Waals surface area contributed by atoms with E-state index in [1.165, 1.54) is 32.1 Å². The Hall–Kier alpha value is -1.50. The van der Waals surface area contributed by atoms with Gasteiger partial charge in [0.05, 0.1) is 11.4 Å². The van der Waals surface area contributed by atoms with Gasteiger partial charge in [-0.2, -0.15) is 0 Å². The smallest absolute Gasteiger partial charge is 0.260 e. The van der Waals surface area contributed by atoms with Gasteiger partial charge in [0, 0.05) is 15.4 Å². The Balaban J connectivity index is 1.60. The lowest BCUT2D eigenvalue weighted by molar-refractivity contribution is -0.707. The number of thiophene rings is 1. The molecule has 1 aromatic carbocycles. The maximum atomic E-state index is 12.7. The average Bonchev–Trinajstić information content (AvgIpc) is 3.06. The Bertz CT molecular complexity index is 926. The van der Waals surface area contributed by atoms with E-state index in [9.17, 15) is 4.79 Å². The molecule has 2 heterocycles. The fraction of sp³-hybridized carbons (Fsp3) is 0.368. The standard InChI is InChI=1S/C19H20BrN3OS/c20-13-8-6-12(7-9-13)15-11-25-19-17(15)18(24)22-16(23-19)10-21-14-4-2-1-3-5-14/h6-9,11,14,21H,1-5,10H2,(H,22,23,24)/p+1. The molecule has 4 nitrogen and oxygen atoms in total. The third-order valence-electron chi connectivity index (χ3n) is 4.94. The minimum absolute atomic E-state index is 0.0313. The predicted molar refractivity (Wildman–Crippen MR) is 106 cm³/mol. The van der Waals surface area contributed by atoms with Crippen LogP contribution < -0.4 is 10.9 Å². The summed E-state index contributed by atoms with van der Waals surface area (Å²) in [7, 11) is 0. The van der Waals surface area contributed by atoms with Gasteiger partial charge in [-0.1, -0.05) is 34.5 Å². The van der Waals surface area contributed by atoms with Crippen molar-refractivity contribution in [1.29, 1.82) is 0 Å². The van der Waals surface area contributed by atoms with E-state index in [1.807, 2.05) is 29.6 Å². The first-order chi connectivity index (χ1) is 12.2. The maximum Gasteiger partial charge on any atom is 0.260 e. The van der Waals surface area contributed by atoms with Crippen molar-refractivity contribution in [3.05, 3.63) is 50.3 Å². The van der Waals surface area contributed by atoms with Crippen LogP contribution >= 0.6 is 27.3 Å². The second kappa shape index (κ2) is 7.40. The van der Waals surface area contributed by atoms with Gasteiger partial charge >= 0.3 is 0 Å². The summed E-state index contributed by atoms with van der Waals surface area (Å²) in [4.78, 5) is 21.2. The average molecular weight is 419 g/mol. The number of aromatic amines is 1. The van der Waals surface area contributed by atoms with E-state index in [-0.39, 0.29) is 5.56 Å². The molecule has 6 heteroatoms. The lowest BCUT2D eigenvalue weighted by Gasteiger charge is -2.19. The summed E-state index contributed by atoms with van der Waals surface area (Å²) in [6.07, 6.45) is 6.56. The predicted octanol–water partition coefficient (Wildman–Crippen LogP) is 3.81. The minimum atomic E-state index is -0.0313. The van der Waals surface area contributed by atoms with Crippen LogP contribution in [0.1, 0.15) is 37.9 Å². The minimum Gasteiger partial charge on any atom is -0.338 e. The molecule has 0 unspecified atom stereocenters. The first-order valence-corrected chi connectivity index (χ1v) is 10.5. The van der Waals surface area contributed by atoms with Gasteiger partial charge in [-0.15, -0.1) is 11.3 Å². The molecule has 3 N–H and O–H groups in total. The summed E-state index contributed by atoms with van der Waals surface area (Å²) in [6, 6.07) is 8.71. The van der Waals surface area contributed by atoms with Gasteiger partial charge < -0.3 is 10.3 Å². The summed E-state index contributed by atoms with van der Waals surface area (Å²) in [5.41, 5.74) is 1.98. The molecule has 0 amide bonds. The molecule has 1 aliphatic rings. The molecule has 0 radical (unpaired) electrons. The fourth-order valence-electron chi connectivity index (χ4n) is 3.58. The van der Waals surface area contributed by atoms with E-state index < -0.39 is 0 Å². The number of rotatable bonds is 4. The Morgan fingerprint density at radius 1 is 1.20 bits per heavy atom. The number of fused-ring (bicyclic) bond motifs is 1. The molecule has 0 aliphatic heterocycles. The molecular formula is C19H21BrN3OS+. The van der Waals surface area contributed by atoms with E-state index in [0.717, 1.165) is 32.8 Å². The Kier molecular flexibility index (Phi) is 5.01. The van der Waals surface area contributed by atoms with Crippen molar-refractivity contribution in [1.82, 2.24) is 9.97 Å². The number of nitrogens with one attached hydrogen (secondary N) is 1. The quantitative estimate of drug-likeness (QED) is 0.676. The van der Waals surface area contributed by atoms with Crippen LogP contribution in [0.4, 0.5) is 0 Å². The van der Waals surface area contributed by atoms with Crippen molar-refractivity contribution in [3.8, 4) is 11.1 Å². The van der Waals surface area contributed by atoms with Crippen LogP contribution in [0, 0.1) is 0 Å². The molecule has 1 fully saturated rings. The summed E-state index contributed by atoms with van der Waals surface area (Å²) < 4.78 is 1.03. The molecule has 130 valence electrons. The highest BCUT2D eigenvalue weighted by molar-refractivity contribution is 9.10.